The minimum atomic E-state index is -1.73. The number of nitrogens with two attached hydrogens (primary N) is 1. The van der Waals surface area contributed by atoms with Crippen molar-refractivity contribution in [2.24, 2.45) is 16.3 Å². The van der Waals surface area contributed by atoms with Gasteiger partial charge in [0.1, 0.15) is 23.5 Å². The third kappa shape index (κ3) is 2.55. The summed E-state index contributed by atoms with van der Waals surface area (Å²) >= 11 is 0. The zero-order chi connectivity index (χ0) is 18.6. The Morgan fingerprint density at radius 1 is 0.962 bits per heavy atom. The molecule has 6 heteroatoms. The second-order valence-corrected chi connectivity index (χ2v) is 5.72. The molecule has 2 aromatic rings. The molecule has 2 N–H and O–H groups in total. The molecule has 0 bridgehead atoms. The molecule has 1 aliphatic rings. The van der Waals surface area contributed by atoms with Gasteiger partial charge in [-0.05, 0) is 11.1 Å². The molecule has 0 radical (unpaired) electrons. The predicted octanol–water partition coefficient (Wildman–Crippen LogP) is 2.80. The maximum Gasteiger partial charge on any atom is 0.208 e. The fourth-order valence-electron chi connectivity index (χ4n) is 3.00. The summed E-state index contributed by atoms with van der Waals surface area (Å²) in [5, 5.41) is 34.9. The van der Waals surface area contributed by atoms with Crippen molar-refractivity contribution in [3.05, 3.63) is 83.2 Å². The third-order valence-corrected chi connectivity index (χ3v) is 4.26. The van der Waals surface area contributed by atoms with E-state index in [0.717, 1.165) is 5.56 Å². The van der Waals surface area contributed by atoms with Crippen LogP contribution in [0.1, 0.15) is 17.2 Å². The first-order chi connectivity index (χ1) is 12.7. The Balaban J connectivity index is 2.16. The second kappa shape index (κ2) is 6.81. The molecule has 1 aliphatic heterocycles. The Morgan fingerprint density at radius 2 is 1.54 bits per heavy atom. The lowest BCUT2D eigenvalue weighted by Crippen LogP contribution is -2.31. The number of hydrogen-bond donors (Lipinski definition) is 1. The van der Waals surface area contributed by atoms with Crippen molar-refractivity contribution in [2.45, 2.75) is 6.04 Å². The number of nitriles is 3. The van der Waals surface area contributed by atoms with Gasteiger partial charge in [-0.25, -0.2) is 5.01 Å². The number of benzene rings is 2. The van der Waals surface area contributed by atoms with Crippen LogP contribution in [0.3, 0.4) is 0 Å². The molecule has 6 nitrogen and oxygen atoms in total. The summed E-state index contributed by atoms with van der Waals surface area (Å²) < 4.78 is 0. The van der Waals surface area contributed by atoms with Gasteiger partial charge in [0.15, 0.2) is 0 Å². The van der Waals surface area contributed by atoms with E-state index < -0.39 is 11.5 Å². The quantitative estimate of drug-likeness (QED) is 0.865. The summed E-state index contributed by atoms with van der Waals surface area (Å²) in [7, 11) is 0. The van der Waals surface area contributed by atoms with Crippen LogP contribution in [0.5, 0.6) is 0 Å². The van der Waals surface area contributed by atoms with E-state index in [4.69, 9.17) is 5.73 Å². The van der Waals surface area contributed by atoms with Gasteiger partial charge in [0, 0.05) is 0 Å². The highest BCUT2D eigenvalue weighted by molar-refractivity contribution is 5.79. The molecular formula is C20H14N6. The topological polar surface area (TPSA) is 113 Å². The highest BCUT2D eigenvalue weighted by atomic mass is 15.5. The van der Waals surface area contributed by atoms with Crippen molar-refractivity contribution in [1.29, 1.82) is 15.8 Å². The van der Waals surface area contributed by atoms with E-state index in [9.17, 15) is 15.8 Å². The Kier molecular flexibility index (Phi) is 4.39. The summed E-state index contributed by atoms with van der Waals surface area (Å²) in [5.41, 5.74) is 5.82. The fourth-order valence-corrected chi connectivity index (χ4v) is 3.00. The Morgan fingerprint density at radius 3 is 2.08 bits per heavy atom. The second-order valence-electron chi connectivity index (χ2n) is 5.72. The van der Waals surface area contributed by atoms with Crippen LogP contribution in [0.2, 0.25) is 0 Å². The van der Waals surface area contributed by atoms with Gasteiger partial charge in [0.2, 0.25) is 5.41 Å². The normalized spacial score (nSPS) is 18.3. The smallest absolute Gasteiger partial charge is 0.208 e. The summed E-state index contributed by atoms with van der Waals surface area (Å²) in [4.78, 5) is 0. The average molecular weight is 338 g/mol. The summed E-state index contributed by atoms with van der Waals surface area (Å²) in [5.74, 6) is 0.0108. The van der Waals surface area contributed by atoms with Crippen LogP contribution in [-0.2, 0) is 0 Å². The molecule has 3 rings (SSSR count). The number of hydrazone groups is 1. The molecule has 0 aromatic heterocycles. The van der Waals surface area contributed by atoms with Crippen LogP contribution in [0.4, 0.5) is 0 Å². The van der Waals surface area contributed by atoms with Crippen LogP contribution in [0.25, 0.3) is 0 Å². The zero-order valence-electron chi connectivity index (χ0n) is 13.7. The maximum absolute atomic E-state index is 9.78. The first-order valence-electron chi connectivity index (χ1n) is 7.84. The Labute approximate surface area is 151 Å². The molecule has 0 saturated heterocycles. The monoisotopic (exact) mass is 338 g/mol. The lowest BCUT2D eigenvalue weighted by atomic mass is 9.76. The first kappa shape index (κ1) is 16.8. The molecule has 2 aromatic carbocycles. The predicted molar refractivity (Wildman–Crippen MR) is 95.5 cm³/mol. The van der Waals surface area contributed by atoms with E-state index in [2.05, 4.69) is 5.10 Å². The van der Waals surface area contributed by atoms with Crippen LogP contribution in [-0.4, -0.2) is 11.2 Å². The molecule has 0 fully saturated rings. The Hall–Kier alpha value is -4.08. The van der Waals surface area contributed by atoms with Crippen molar-refractivity contribution in [2.75, 3.05) is 0 Å². The molecule has 0 amide bonds. The van der Waals surface area contributed by atoms with Crippen LogP contribution in [0, 0.1) is 39.4 Å². The molecule has 0 aliphatic carbocycles. The molecule has 1 atom stereocenters. The Bertz CT molecular complexity index is 973. The lowest BCUT2D eigenvalue weighted by Gasteiger charge is -2.28. The standard InChI is InChI=1S/C20H14N6/c21-11-17-19(24)26(25-12-15-7-3-1-4-8-15)18(20(17,13-22)14-23)16-9-5-2-6-10-16/h1-10,12,18H,24H2/b25-12+/t18-/m1/s1. The van der Waals surface area contributed by atoms with Gasteiger partial charge < -0.3 is 5.73 Å². The van der Waals surface area contributed by atoms with Crippen molar-refractivity contribution in [3.63, 3.8) is 0 Å². The van der Waals surface area contributed by atoms with Crippen molar-refractivity contribution < 1.29 is 0 Å². The van der Waals surface area contributed by atoms with E-state index in [0.29, 0.717) is 5.56 Å². The summed E-state index contributed by atoms with van der Waals surface area (Å²) in [6.07, 6.45) is 1.59. The molecule has 26 heavy (non-hydrogen) atoms. The zero-order valence-corrected chi connectivity index (χ0v) is 13.7. The molecule has 0 spiro atoms. The van der Waals surface area contributed by atoms with Crippen molar-refractivity contribution in [3.8, 4) is 18.2 Å². The summed E-state index contributed by atoms with van der Waals surface area (Å²) in [6, 6.07) is 23.5. The SMILES string of the molecule is N#CC1=C(N)N(/N=C/c2ccccc2)[C@H](c2ccccc2)C1(C#N)C#N. The highest BCUT2D eigenvalue weighted by Gasteiger charge is 2.55. The van der Waals surface area contributed by atoms with Gasteiger partial charge in [-0.3, -0.25) is 0 Å². The number of rotatable bonds is 3. The third-order valence-electron chi connectivity index (χ3n) is 4.26. The van der Waals surface area contributed by atoms with Crippen molar-refractivity contribution >= 4 is 6.21 Å². The number of hydrogen-bond acceptors (Lipinski definition) is 6. The molecule has 124 valence electrons. The van der Waals surface area contributed by atoms with Gasteiger partial charge in [-0.1, -0.05) is 60.7 Å². The average Bonchev–Trinajstić information content (AvgIpc) is 2.95. The van der Waals surface area contributed by atoms with E-state index in [1.807, 2.05) is 54.6 Å². The molecule has 1 heterocycles. The molecular weight excluding hydrogens is 324 g/mol. The van der Waals surface area contributed by atoms with Crippen LogP contribution >= 0.6 is 0 Å². The van der Waals surface area contributed by atoms with Gasteiger partial charge in [0.05, 0.1) is 18.4 Å². The fraction of sp³-hybridized carbons (Fsp3) is 0.100. The van der Waals surface area contributed by atoms with Gasteiger partial charge in [-0.15, -0.1) is 0 Å². The van der Waals surface area contributed by atoms with Gasteiger partial charge in [0.25, 0.3) is 0 Å². The van der Waals surface area contributed by atoms with Crippen LogP contribution < -0.4 is 5.73 Å². The molecule has 0 unspecified atom stereocenters. The largest absolute Gasteiger partial charge is 0.383 e. The van der Waals surface area contributed by atoms with E-state index >= 15 is 0 Å². The highest BCUT2D eigenvalue weighted by Crippen LogP contribution is 2.50. The molecule has 0 saturated carbocycles. The van der Waals surface area contributed by atoms with Crippen LogP contribution in [0.15, 0.2) is 77.2 Å². The lowest BCUT2D eigenvalue weighted by molar-refractivity contribution is 0.242. The van der Waals surface area contributed by atoms with Gasteiger partial charge in [-0.2, -0.15) is 20.9 Å². The summed E-state index contributed by atoms with van der Waals surface area (Å²) in [6.45, 7) is 0. The van der Waals surface area contributed by atoms with E-state index in [1.54, 1.807) is 30.5 Å². The minimum Gasteiger partial charge on any atom is -0.383 e. The maximum atomic E-state index is 9.78. The van der Waals surface area contributed by atoms with Crippen molar-refractivity contribution in [1.82, 2.24) is 5.01 Å². The van der Waals surface area contributed by atoms with E-state index in [1.165, 1.54) is 5.01 Å². The van der Waals surface area contributed by atoms with E-state index in [-0.39, 0.29) is 11.4 Å². The minimum absolute atomic E-state index is 0.0108. The van der Waals surface area contributed by atoms with Gasteiger partial charge >= 0.3 is 0 Å². The number of nitrogens with zero attached hydrogens (tertiary/aromatic N) is 5. The first-order valence-corrected chi connectivity index (χ1v) is 7.84.